The number of thiophene rings is 1. The molecular weight excluding hydrogens is 200 g/mol. The largest absolute Gasteiger partial charge is 0.135 e. The van der Waals surface area contributed by atoms with Gasteiger partial charge in [-0.05, 0) is 37.1 Å². The highest BCUT2D eigenvalue weighted by molar-refractivity contribution is 7.25. The molecule has 2 aromatic carbocycles. The lowest BCUT2D eigenvalue weighted by Crippen LogP contribution is -1.79. The van der Waals surface area contributed by atoms with E-state index >= 15 is 0 Å². The first-order chi connectivity index (χ1) is 7.27. The van der Waals surface area contributed by atoms with Crippen molar-refractivity contribution in [3.63, 3.8) is 0 Å². The van der Waals surface area contributed by atoms with Crippen LogP contribution in [-0.2, 0) is 0 Å². The molecule has 74 valence electrons. The Bertz CT molecular complexity index is 647. The first kappa shape index (κ1) is 8.93. The summed E-state index contributed by atoms with van der Waals surface area (Å²) in [6.07, 6.45) is 0. The second-order valence-corrected chi connectivity index (χ2v) is 5.06. The lowest BCUT2D eigenvalue weighted by Gasteiger charge is -2.01. The molecule has 0 saturated carbocycles. The summed E-state index contributed by atoms with van der Waals surface area (Å²) in [5.41, 5.74) is 2.80. The fraction of sp³-hybridized carbons (Fsp3) is 0.143. The van der Waals surface area contributed by atoms with Gasteiger partial charge in [-0.25, -0.2) is 0 Å². The lowest BCUT2D eigenvalue weighted by molar-refractivity contribution is 1.39. The van der Waals surface area contributed by atoms with Gasteiger partial charge in [0.15, 0.2) is 0 Å². The Labute approximate surface area is 93.2 Å². The van der Waals surface area contributed by atoms with Crippen molar-refractivity contribution >= 4 is 31.5 Å². The predicted molar refractivity (Wildman–Crippen MR) is 68.8 cm³/mol. The minimum atomic E-state index is 1.38. The summed E-state index contributed by atoms with van der Waals surface area (Å²) in [5.74, 6) is 0. The third-order valence-corrected chi connectivity index (χ3v) is 4.21. The van der Waals surface area contributed by atoms with E-state index in [-0.39, 0.29) is 0 Å². The average Bonchev–Trinajstić information content (AvgIpc) is 2.62. The summed E-state index contributed by atoms with van der Waals surface area (Å²) in [7, 11) is 0. The van der Waals surface area contributed by atoms with Crippen molar-refractivity contribution in [1.82, 2.24) is 0 Å². The Morgan fingerprint density at radius 1 is 0.867 bits per heavy atom. The molecular formula is C14H12S. The Kier molecular flexibility index (Phi) is 1.83. The van der Waals surface area contributed by atoms with Crippen LogP contribution in [0.4, 0.5) is 0 Å². The van der Waals surface area contributed by atoms with Crippen LogP contribution in [0.25, 0.3) is 20.2 Å². The molecule has 0 amide bonds. The molecule has 1 heteroatoms. The van der Waals surface area contributed by atoms with Gasteiger partial charge in [-0.3, -0.25) is 0 Å². The van der Waals surface area contributed by atoms with E-state index in [1.165, 1.54) is 31.3 Å². The van der Waals surface area contributed by atoms with Crippen LogP contribution in [-0.4, -0.2) is 0 Å². The van der Waals surface area contributed by atoms with Crippen molar-refractivity contribution in [2.75, 3.05) is 0 Å². The average molecular weight is 212 g/mol. The number of hydrogen-bond donors (Lipinski definition) is 0. The van der Waals surface area contributed by atoms with Crippen molar-refractivity contribution < 1.29 is 0 Å². The normalized spacial score (nSPS) is 11.3. The molecule has 0 nitrogen and oxygen atoms in total. The van der Waals surface area contributed by atoms with Crippen LogP contribution in [0.3, 0.4) is 0 Å². The van der Waals surface area contributed by atoms with Gasteiger partial charge in [-0.15, -0.1) is 11.3 Å². The zero-order valence-electron chi connectivity index (χ0n) is 8.87. The smallest absolute Gasteiger partial charge is 0.0358 e. The first-order valence-electron chi connectivity index (χ1n) is 5.15. The molecule has 0 aliphatic rings. The maximum absolute atomic E-state index is 2.24. The second-order valence-electron chi connectivity index (χ2n) is 3.98. The highest BCUT2D eigenvalue weighted by Gasteiger charge is 2.07. The van der Waals surface area contributed by atoms with E-state index in [0.29, 0.717) is 0 Å². The van der Waals surface area contributed by atoms with Crippen molar-refractivity contribution in [2.45, 2.75) is 13.8 Å². The molecule has 0 fully saturated rings. The molecule has 0 N–H and O–H groups in total. The summed E-state index contributed by atoms with van der Waals surface area (Å²) in [6, 6.07) is 13.1. The molecule has 3 rings (SSSR count). The molecule has 0 atom stereocenters. The van der Waals surface area contributed by atoms with Gasteiger partial charge in [-0.1, -0.05) is 24.3 Å². The fourth-order valence-electron chi connectivity index (χ4n) is 2.09. The van der Waals surface area contributed by atoms with Crippen LogP contribution in [0.2, 0.25) is 0 Å². The number of hydrogen-bond acceptors (Lipinski definition) is 1. The predicted octanol–water partition coefficient (Wildman–Crippen LogP) is 4.67. The standard InChI is InChI=1S/C14H12S/c1-9-7-8-13-14(10(9)2)11-5-3-4-6-12(11)15-13/h3-8H,1-2H3. The Balaban J connectivity index is 2.63. The van der Waals surface area contributed by atoms with Crippen molar-refractivity contribution in [3.8, 4) is 0 Å². The maximum atomic E-state index is 2.24. The van der Waals surface area contributed by atoms with Crippen LogP contribution in [0, 0.1) is 13.8 Å². The van der Waals surface area contributed by atoms with Gasteiger partial charge in [0.1, 0.15) is 0 Å². The summed E-state index contributed by atoms with van der Waals surface area (Å²) >= 11 is 1.88. The van der Waals surface area contributed by atoms with Crippen LogP contribution in [0.15, 0.2) is 36.4 Å². The quantitative estimate of drug-likeness (QED) is 0.508. The third kappa shape index (κ3) is 1.20. The molecule has 0 spiro atoms. The van der Waals surface area contributed by atoms with Crippen molar-refractivity contribution in [2.24, 2.45) is 0 Å². The van der Waals surface area contributed by atoms with E-state index < -0.39 is 0 Å². The molecule has 0 aliphatic carbocycles. The van der Waals surface area contributed by atoms with Gasteiger partial charge in [-0.2, -0.15) is 0 Å². The SMILES string of the molecule is Cc1ccc2sc3ccccc3c2c1C. The topological polar surface area (TPSA) is 0 Å². The Morgan fingerprint density at radius 3 is 2.53 bits per heavy atom. The number of benzene rings is 2. The third-order valence-electron chi connectivity index (χ3n) is 3.07. The van der Waals surface area contributed by atoms with Gasteiger partial charge < -0.3 is 0 Å². The van der Waals surface area contributed by atoms with E-state index in [9.17, 15) is 0 Å². The fourth-order valence-corrected chi connectivity index (χ4v) is 3.26. The Hall–Kier alpha value is -1.34. The molecule has 0 aliphatic heterocycles. The summed E-state index contributed by atoms with van der Waals surface area (Å²) < 4.78 is 2.79. The van der Waals surface area contributed by atoms with Gasteiger partial charge in [0.05, 0.1) is 0 Å². The number of aryl methyl sites for hydroxylation is 2. The van der Waals surface area contributed by atoms with Gasteiger partial charge in [0, 0.05) is 20.2 Å². The zero-order chi connectivity index (χ0) is 10.4. The highest BCUT2D eigenvalue weighted by Crippen LogP contribution is 2.36. The first-order valence-corrected chi connectivity index (χ1v) is 5.96. The highest BCUT2D eigenvalue weighted by atomic mass is 32.1. The van der Waals surface area contributed by atoms with E-state index in [0.717, 1.165) is 0 Å². The minimum absolute atomic E-state index is 1.38. The summed E-state index contributed by atoms with van der Waals surface area (Å²) in [6.45, 7) is 4.40. The van der Waals surface area contributed by atoms with Gasteiger partial charge in [0.25, 0.3) is 0 Å². The van der Waals surface area contributed by atoms with Crippen LogP contribution >= 0.6 is 11.3 Å². The second kappa shape index (κ2) is 3.07. The molecule has 1 heterocycles. The molecule has 3 aromatic rings. The minimum Gasteiger partial charge on any atom is -0.135 e. The van der Waals surface area contributed by atoms with E-state index in [4.69, 9.17) is 0 Å². The van der Waals surface area contributed by atoms with Crippen LogP contribution in [0.1, 0.15) is 11.1 Å². The number of rotatable bonds is 0. The summed E-state index contributed by atoms with van der Waals surface area (Å²) in [4.78, 5) is 0. The summed E-state index contributed by atoms with van der Waals surface area (Å²) in [5, 5.41) is 2.84. The van der Waals surface area contributed by atoms with E-state index in [1.54, 1.807) is 0 Å². The molecule has 0 radical (unpaired) electrons. The van der Waals surface area contributed by atoms with Crippen LogP contribution in [0.5, 0.6) is 0 Å². The van der Waals surface area contributed by atoms with Crippen LogP contribution < -0.4 is 0 Å². The van der Waals surface area contributed by atoms with E-state index in [2.05, 4.69) is 50.2 Å². The molecule has 15 heavy (non-hydrogen) atoms. The zero-order valence-corrected chi connectivity index (χ0v) is 9.69. The molecule has 1 aromatic heterocycles. The van der Waals surface area contributed by atoms with E-state index in [1.807, 2.05) is 11.3 Å². The maximum Gasteiger partial charge on any atom is 0.0358 e. The number of fused-ring (bicyclic) bond motifs is 3. The molecule has 0 unspecified atom stereocenters. The van der Waals surface area contributed by atoms with Crippen molar-refractivity contribution in [3.05, 3.63) is 47.5 Å². The lowest BCUT2D eigenvalue weighted by atomic mass is 10.0. The van der Waals surface area contributed by atoms with Gasteiger partial charge >= 0.3 is 0 Å². The molecule has 0 saturated heterocycles. The van der Waals surface area contributed by atoms with Gasteiger partial charge in [0.2, 0.25) is 0 Å². The molecule has 0 bridgehead atoms. The monoisotopic (exact) mass is 212 g/mol. The van der Waals surface area contributed by atoms with Crippen molar-refractivity contribution in [1.29, 1.82) is 0 Å². The Morgan fingerprint density at radius 2 is 1.67 bits per heavy atom.